The summed E-state index contributed by atoms with van der Waals surface area (Å²) >= 11 is 3.21. The maximum Gasteiger partial charge on any atom is 0.401 e. The van der Waals surface area contributed by atoms with Crippen molar-refractivity contribution in [2.24, 2.45) is 0 Å². The number of carbonyl (C=O) groups is 1. The number of hydrogen-bond donors (Lipinski definition) is 1. The van der Waals surface area contributed by atoms with Gasteiger partial charge in [0.25, 0.3) is 0 Å². The summed E-state index contributed by atoms with van der Waals surface area (Å²) in [4.78, 5) is 11.7. The lowest BCUT2D eigenvalue weighted by Crippen LogP contribution is -2.36. The Morgan fingerprint density at radius 1 is 1.47 bits per heavy atom. The number of hydrogen-bond acceptors (Lipinski definition) is 3. The van der Waals surface area contributed by atoms with E-state index in [1.54, 1.807) is 31.2 Å². The lowest BCUT2D eigenvalue weighted by molar-refractivity contribution is -0.149. The predicted molar refractivity (Wildman–Crippen MR) is 67.6 cm³/mol. The quantitative estimate of drug-likeness (QED) is 0.837. The normalized spacial score (nSPS) is 13.1. The molecule has 106 valence electrons. The second kappa shape index (κ2) is 6.91. The van der Waals surface area contributed by atoms with Crippen molar-refractivity contribution < 1.29 is 22.7 Å². The van der Waals surface area contributed by atoms with Crippen molar-refractivity contribution in [1.82, 2.24) is 5.32 Å². The molecule has 3 nitrogen and oxygen atoms in total. The molecule has 0 aliphatic carbocycles. The standard InChI is InChI=1S/C12H13BrF3NO2/c1-2-19-11(18)10(17-7-12(14,15)16)8-4-3-5-9(13)6-8/h3-6,10,17H,2,7H2,1H3. The van der Waals surface area contributed by atoms with Crippen molar-refractivity contribution in [3.05, 3.63) is 34.3 Å². The minimum atomic E-state index is -4.39. The number of halogens is 4. The molecular weight excluding hydrogens is 327 g/mol. The molecule has 0 aliphatic rings. The molecule has 0 radical (unpaired) electrons. The fourth-order valence-corrected chi connectivity index (χ4v) is 1.88. The molecule has 7 heteroatoms. The van der Waals surface area contributed by atoms with Crippen molar-refractivity contribution in [3.63, 3.8) is 0 Å². The second-order valence-electron chi connectivity index (χ2n) is 3.74. The van der Waals surface area contributed by atoms with Gasteiger partial charge in [0.15, 0.2) is 0 Å². The van der Waals surface area contributed by atoms with E-state index >= 15 is 0 Å². The fourth-order valence-electron chi connectivity index (χ4n) is 1.47. The highest BCUT2D eigenvalue weighted by Gasteiger charge is 2.31. The second-order valence-corrected chi connectivity index (χ2v) is 4.65. The lowest BCUT2D eigenvalue weighted by Gasteiger charge is -2.18. The van der Waals surface area contributed by atoms with Crippen molar-refractivity contribution in [3.8, 4) is 0 Å². The molecule has 0 saturated heterocycles. The lowest BCUT2D eigenvalue weighted by atomic mass is 10.1. The molecular formula is C12H13BrF3NO2. The van der Waals surface area contributed by atoms with E-state index in [2.05, 4.69) is 21.2 Å². The molecule has 0 spiro atoms. The van der Waals surface area contributed by atoms with Crippen molar-refractivity contribution in [2.45, 2.75) is 19.1 Å². The Balaban J connectivity index is 2.89. The first-order valence-electron chi connectivity index (χ1n) is 5.55. The minimum Gasteiger partial charge on any atom is -0.465 e. The number of carbonyl (C=O) groups excluding carboxylic acids is 1. The van der Waals surface area contributed by atoms with E-state index < -0.39 is 24.7 Å². The van der Waals surface area contributed by atoms with Crippen LogP contribution in [0.25, 0.3) is 0 Å². The van der Waals surface area contributed by atoms with Crippen molar-refractivity contribution in [2.75, 3.05) is 13.2 Å². The van der Waals surface area contributed by atoms with E-state index in [1.165, 1.54) is 0 Å². The van der Waals surface area contributed by atoms with Crippen LogP contribution in [-0.2, 0) is 9.53 Å². The summed E-state index contributed by atoms with van der Waals surface area (Å²) < 4.78 is 42.2. The summed E-state index contributed by atoms with van der Waals surface area (Å²) in [6, 6.07) is 5.36. The minimum absolute atomic E-state index is 0.108. The molecule has 0 aromatic heterocycles. The van der Waals surface area contributed by atoms with Gasteiger partial charge in [-0.25, -0.2) is 4.79 Å². The first kappa shape index (κ1) is 16.0. The average Bonchev–Trinajstić information content (AvgIpc) is 2.28. The Morgan fingerprint density at radius 2 is 2.16 bits per heavy atom. The van der Waals surface area contributed by atoms with E-state index in [4.69, 9.17) is 4.74 Å². The first-order chi connectivity index (χ1) is 8.83. The Labute approximate surface area is 117 Å². The maximum atomic E-state index is 12.2. The third-order valence-corrected chi connectivity index (χ3v) is 2.70. The number of esters is 1. The van der Waals surface area contributed by atoms with E-state index in [-0.39, 0.29) is 6.61 Å². The Hall–Kier alpha value is -1.08. The predicted octanol–water partition coefficient (Wildman–Crippen LogP) is 3.21. The molecule has 19 heavy (non-hydrogen) atoms. The van der Waals surface area contributed by atoms with Crippen LogP contribution in [0.2, 0.25) is 0 Å². The van der Waals surface area contributed by atoms with Crippen LogP contribution in [0, 0.1) is 0 Å². The molecule has 0 heterocycles. The monoisotopic (exact) mass is 339 g/mol. The molecule has 1 N–H and O–H groups in total. The summed E-state index contributed by atoms with van der Waals surface area (Å²) in [5.41, 5.74) is 0.414. The number of alkyl halides is 3. The summed E-state index contributed by atoms with van der Waals surface area (Å²) in [7, 11) is 0. The van der Waals surface area contributed by atoms with Crippen LogP contribution in [0.4, 0.5) is 13.2 Å². The van der Waals surface area contributed by atoms with Gasteiger partial charge in [-0.3, -0.25) is 5.32 Å². The summed E-state index contributed by atoms with van der Waals surface area (Å²) in [6.07, 6.45) is -4.39. The van der Waals surface area contributed by atoms with Gasteiger partial charge in [-0.05, 0) is 24.6 Å². The molecule has 1 aromatic rings. The average molecular weight is 340 g/mol. The van der Waals surface area contributed by atoms with Gasteiger partial charge >= 0.3 is 12.1 Å². The van der Waals surface area contributed by atoms with Crippen LogP contribution in [0.3, 0.4) is 0 Å². The van der Waals surface area contributed by atoms with Gasteiger partial charge in [-0.1, -0.05) is 28.1 Å². The zero-order valence-corrected chi connectivity index (χ0v) is 11.7. The van der Waals surface area contributed by atoms with Crippen LogP contribution < -0.4 is 5.32 Å². The van der Waals surface area contributed by atoms with Gasteiger partial charge in [-0.2, -0.15) is 13.2 Å². The van der Waals surface area contributed by atoms with Crippen molar-refractivity contribution >= 4 is 21.9 Å². The number of benzene rings is 1. The molecule has 1 unspecified atom stereocenters. The van der Waals surface area contributed by atoms with E-state index in [1.807, 2.05) is 0 Å². The highest BCUT2D eigenvalue weighted by atomic mass is 79.9. The van der Waals surface area contributed by atoms with Gasteiger partial charge in [0.05, 0.1) is 13.2 Å². The van der Waals surface area contributed by atoms with Crippen LogP contribution in [0.5, 0.6) is 0 Å². The van der Waals surface area contributed by atoms with Gasteiger partial charge in [0.1, 0.15) is 6.04 Å². The van der Waals surface area contributed by atoms with Crippen LogP contribution in [-0.4, -0.2) is 25.3 Å². The molecule has 0 bridgehead atoms. The third-order valence-electron chi connectivity index (χ3n) is 2.21. The molecule has 1 atom stereocenters. The molecule has 0 amide bonds. The maximum absolute atomic E-state index is 12.2. The fraction of sp³-hybridized carbons (Fsp3) is 0.417. The molecule has 1 rings (SSSR count). The smallest absolute Gasteiger partial charge is 0.401 e. The highest BCUT2D eigenvalue weighted by Crippen LogP contribution is 2.21. The molecule has 1 aromatic carbocycles. The van der Waals surface area contributed by atoms with E-state index in [9.17, 15) is 18.0 Å². The van der Waals surface area contributed by atoms with Gasteiger partial charge in [0.2, 0.25) is 0 Å². The van der Waals surface area contributed by atoms with Crippen LogP contribution in [0.15, 0.2) is 28.7 Å². The topological polar surface area (TPSA) is 38.3 Å². The van der Waals surface area contributed by atoms with Crippen LogP contribution in [0.1, 0.15) is 18.5 Å². The molecule has 0 aliphatic heterocycles. The number of nitrogens with one attached hydrogen (secondary N) is 1. The van der Waals surface area contributed by atoms with E-state index in [0.717, 1.165) is 0 Å². The summed E-state index contributed by atoms with van der Waals surface area (Å²) in [5, 5.41) is 2.17. The largest absolute Gasteiger partial charge is 0.465 e. The Bertz CT molecular complexity index is 437. The van der Waals surface area contributed by atoms with Crippen LogP contribution >= 0.6 is 15.9 Å². The zero-order valence-electron chi connectivity index (χ0n) is 10.1. The number of rotatable bonds is 5. The SMILES string of the molecule is CCOC(=O)C(NCC(F)(F)F)c1cccc(Br)c1. The number of ether oxygens (including phenoxy) is 1. The Kier molecular flexibility index (Phi) is 5.81. The first-order valence-corrected chi connectivity index (χ1v) is 6.35. The van der Waals surface area contributed by atoms with Gasteiger partial charge < -0.3 is 4.74 Å². The molecule has 0 saturated carbocycles. The van der Waals surface area contributed by atoms with E-state index in [0.29, 0.717) is 10.0 Å². The van der Waals surface area contributed by atoms with Crippen molar-refractivity contribution in [1.29, 1.82) is 0 Å². The van der Waals surface area contributed by atoms with Gasteiger partial charge in [0, 0.05) is 4.47 Å². The molecule has 0 fully saturated rings. The highest BCUT2D eigenvalue weighted by molar-refractivity contribution is 9.10. The zero-order chi connectivity index (χ0) is 14.5. The van der Waals surface area contributed by atoms with Gasteiger partial charge in [-0.15, -0.1) is 0 Å². The third kappa shape index (κ3) is 5.61. The summed E-state index contributed by atoms with van der Waals surface area (Å²) in [6.45, 7) is 0.444. The Morgan fingerprint density at radius 3 is 2.68 bits per heavy atom. The summed E-state index contributed by atoms with van der Waals surface area (Å²) in [5.74, 6) is -0.732.